The predicted octanol–water partition coefficient (Wildman–Crippen LogP) is 3.95. The lowest BCUT2D eigenvalue weighted by Gasteiger charge is -2.23. The van der Waals surface area contributed by atoms with Crippen LogP contribution >= 0.6 is 0 Å². The average molecular weight is 470 g/mol. The van der Waals surface area contributed by atoms with Gasteiger partial charge in [0.2, 0.25) is 5.91 Å². The van der Waals surface area contributed by atoms with Crippen molar-refractivity contribution in [2.45, 2.75) is 58.3 Å². The zero-order valence-corrected chi connectivity index (χ0v) is 20.1. The van der Waals surface area contributed by atoms with Crippen molar-refractivity contribution in [3.63, 3.8) is 0 Å². The number of rotatable bonds is 11. The molecule has 0 aliphatic rings. The van der Waals surface area contributed by atoms with Crippen molar-refractivity contribution in [2.24, 2.45) is 0 Å². The molecule has 34 heavy (non-hydrogen) atoms. The van der Waals surface area contributed by atoms with Gasteiger partial charge in [0.25, 0.3) is 0 Å². The summed E-state index contributed by atoms with van der Waals surface area (Å²) >= 11 is 0. The zero-order chi connectivity index (χ0) is 24.8. The Morgan fingerprint density at radius 3 is 2.06 bits per heavy atom. The lowest BCUT2D eigenvalue weighted by atomic mass is 10.1. The molecule has 0 saturated carbocycles. The fraction of sp³-hybridized carbons (Fsp3) is 0.423. The molecule has 3 N–H and O–H groups in total. The maximum Gasteiger partial charge on any atom is 0.408 e. The highest BCUT2D eigenvalue weighted by Crippen LogP contribution is 2.08. The normalized spacial score (nSPS) is 11.7. The average Bonchev–Trinajstić information content (AvgIpc) is 2.79. The Hall–Kier alpha value is -3.55. The second kappa shape index (κ2) is 13.9. The van der Waals surface area contributed by atoms with Gasteiger partial charge < -0.3 is 25.4 Å². The minimum absolute atomic E-state index is 0.180. The molecule has 0 fully saturated rings. The fourth-order valence-corrected chi connectivity index (χ4v) is 3.09. The van der Waals surface area contributed by atoms with Crippen LogP contribution in [0.3, 0.4) is 0 Å². The monoisotopic (exact) mass is 469 g/mol. The third-order valence-corrected chi connectivity index (χ3v) is 4.71. The van der Waals surface area contributed by atoms with E-state index in [4.69, 9.17) is 9.47 Å². The van der Waals surface area contributed by atoms with Crippen LogP contribution in [-0.2, 0) is 27.3 Å². The summed E-state index contributed by atoms with van der Waals surface area (Å²) in [6, 6.07) is 18.4. The Morgan fingerprint density at radius 1 is 0.824 bits per heavy atom. The summed E-state index contributed by atoms with van der Waals surface area (Å²) in [5, 5.41) is 8.17. The van der Waals surface area contributed by atoms with Gasteiger partial charge in [0, 0.05) is 13.1 Å². The molecule has 1 unspecified atom stereocenters. The van der Waals surface area contributed by atoms with E-state index in [1.54, 1.807) is 20.8 Å². The number of amides is 3. The summed E-state index contributed by atoms with van der Waals surface area (Å²) in [5.74, 6) is -0.298. The van der Waals surface area contributed by atoms with Crippen molar-refractivity contribution in [1.82, 2.24) is 16.0 Å². The zero-order valence-electron chi connectivity index (χ0n) is 20.1. The Labute approximate surface area is 201 Å². The smallest absolute Gasteiger partial charge is 0.408 e. The molecule has 8 heteroatoms. The molecule has 0 aromatic heterocycles. The lowest BCUT2D eigenvalue weighted by molar-refractivity contribution is -0.123. The first-order valence-corrected chi connectivity index (χ1v) is 11.5. The topological polar surface area (TPSA) is 106 Å². The number of alkyl carbamates (subject to hydrolysis) is 2. The summed E-state index contributed by atoms with van der Waals surface area (Å²) < 4.78 is 10.5. The van der Waals surface area contributed by atoms with Crippen molar-refractivity contribution in [3.05, 3.63) is 71.8 Å². The Balaban J connectivity index is 1.78. The number of benzene rings is 2. The van der Waals surface area contributed by atoms with Gasteiger partial charge in [0.15, 0.2) is 0 Å². The van der Waals surface area contributed by atoms with E-state index in [9.17, 15) is 14.4 Å². The van der Waals surface area contributed by atoms with Gasteiger partial charge >= 0.3 is 12.2 Å². The van der Waals surface area contributed by atoms with Crippen LogP contribution < -0.4 is 16.0 Å². The van der Waals surface area contributed by atoms with E-state index < -0.39 is 23.8 Å². The molecule has 2 aromatic carbocycles. The van der Waals surface area contributed by atoms with Gasteiger partial charge in [-0.15, -0.1) is 0 Å². The summed E-state index contributed by atoms with van der Waals surface area (Å²) in [5.41, 5.74) is 1.33. The van der Waals surface area contributed by atoms with Crippen LogP contribution in [0.1, 0.15) is 44.7 Å². The van der Waals surface area contributed by atoms with Crippen LogP contribution in [-0.4, -0.2) is 42.8 Å². The molecule has 2 rings (SSSR count). The Bertz CT molecular complexity index is 898. The van der Waals surface area contributed by atoms with Gasteiger partial charge in [0.1, 0.15) is 18.2 Å². The number of carbonyl (C=O) groups is 3. The Morgan fingerprint density at radius 2 is 1.44 bits per heavy atom. The summed E-state index contributed by atoms with van der Waals surface area (Å²) in [4.78, 5) is 36.9. The van der Waals surface area contributed by atoms with Gasteiger partial charge in [-0.1, -0.05) is 60.7 Å². The molecule has 184 valence electrons. The van der Waals surface area contributed by atoms with Gasteiger partial charge in [-0.2, -0.15) is 0 Å². The van der Waals surface area contributed by atoms with Gasteiger partial charge in [-0.3, -0.25) is 4.79 Å². The first kappa shape index (κ1) is 26.7. The first-order chi connectivity index (χ1) is 16.2. The first-order valence-electron chi connectivity index (χ1n) is 11.5. The van der Waals surface area contributed by atoms with Crippen molar-refractivity contribution < 1.29 is 23.9 Å². The number of carbonyl (C=O) groups excluding carboxylic acids is 3. The van der Waals surface area contributed by atoms with E-state index in [1.807, 2.05) is 60.7 Å². The second-order valence-corrected chi connectivity index (χ2v) is 8.86. The van der Waals surface area contributed by atoms with Crippen LogP contribution in [0.2, 0.25) is 0 Å². The van der Waals surface area contributed by atoms with E-state index in [0.717, 1.165) is 11.1 Å². The molecule has 0 radical (unpaired) electrons. The fourth-order valence-electron chi connectivity index (χ4n) is 3.09. The molecule has 0 saturated heterocycles. The quantitative estimate of drug-likeness (QED) is 0.432. The molecular weight excluding hydrogens is 434 g/mol. The van der Waals surface area contributed by atoms with E-state index in [-0.39, 0.29) is 12.5 Å². The maximum absolute atomic E-state index is 12.7. The largest absolute Gasteiger partial charge is 0.445 e. The molecule has 0 bridgehead atoms. The molecule has 2 aromatic rings. The molecular formula is C26H35N3O5. The Kier molecular flexibility index (Phi) is 10.9. The summed E-state index contributed by atoms with van der Waals surface area (Å²) in [7, 11) is 0. The SMILES string of the molecule is CC(C)(C)OC(=O)NC(CCCNC(=O)OCc1ccccc1)C(=O)NCCc1ccccc1. The summed E-state index contributed by atoms with van der Waals surface area (Å²) in [6.07, 6.45) is 0.280. The van der Waals surface area contributed by atoms with Crippen LogP contribution in [0.15, 0.2) is 60.7 Å². The number of hydrogen-bond donors (Lipinski definition) is 3. The molecule has 8 nitrogen and oxygen atoms in total. The van der Waals surface area contributed by atoms with Crippen LogP contribution in [0.25, 0.3) is 0 Å². The van der Waals surface area contributed by atoms with E-state index in [1.165, 1.54) is 0 Å². The number of ether oxygens (including phenoxy) is 2. The van der Waals surface area contributed by atoms with Crippen molar-refractivity contribution >= 4 is 18.1 Å². The summed E-state index contributed by atoms with van der Waals surface area (Å²) in [6.45, 7) is 6.20. The van der Waals surface area contributed by atoms with Gasteiger partial charge in [0.05, 0.1) is 0 Å². The number of nitrogens with one attached hydrogen (secondary N) is 3. The van der Waals surface area contributed by atoms with Crippen molar-refractivity contribution in [2.75, 3.05) is 13.1 Å². The highest BCUT2D eigenvalue weighted by atomic mass is 16.6. The minimum Gasteiger partial charge on any atom is -0.445 e. The van der Waals surface area contributed by atoms with Crippen LogP contribution in [0.4, 0.5) is 9.59 Å². The van der Waals surface area contributed by atoms with E-state index >= 15 is 0 Å². The molecule has 1 atom stereocenters. The van der Waals surface area contributed by atoms with Gasteiger partial charge in [-0.25, -0.2) is 9.59 Å². The van der Waals surface area contributed by atoms with Crippen molar-refractivity contribution in [1.29, 1.82) is 0 Å². The van der Waals surface area contributed by atoms with E-state index in [2.05, 4.69) is 16.0 Å². The molecule has 3 amide bonds. The van der Waals surface area contributed by atoms with Crippen LogP contribution in [0, 0.1) is 0 Å². The molecule has 0 heterocycles. The van der Waals surface area contributed by atoms with Crippen LogP contribution in [0.5, 0.6) is 0 Å². The third-order valence-electron chi connectivity index (χ3n) is 4.71. The molecule has 0 aliphatic heterocycles. The standard InChI is InChI=1S/C26H35N3O5/c1-26(2,3)34-25(32)29-22(23(30)27-18-16-20-11-6-4-7-12-20)15-10-17-28-24(31)33-19-21-13-8-5-9-14-21/h4-9,11-14,22H,10,15-19H2,1-3H3,(H,27,30)(H,28,31)(H,29,32). The molecule has 0 aliphatic carbocycles. The highest BCUT2D eigenvalue weighted by Gasteiger charge is 2.24. The lowest BCUT2D eigenvalue weighted by Crippen LogP contribution is -2.48. The maximum atomic E-state index is 12.7. The van der Waals surface area contributed by atoms with Gasteiger partial charge in [-0.05, 0) is 51.2 Å². The van der Waals surface area contributed by atoms with E-state index in [0.29, 0.717) is 32.4 Å². The number of hydrogen-bond acceptors (Lipinski definition) is 5. The predicted molar refractivity (Wildman–Crippen MR) is 130 cm³/mol. The second-order valence-electron chi connectivity index (χ2n) is 8.86. The van der Waals surface area contributed by atoms with Crippen molar-refractivity contribution in [3.8, 4) is 0 Å². The molecule has 0 spiro atoms. The third kappa shape index (κ3) is 11.4. The highest BCUT2D eigenvalue weighted by molar-refractivity contribution is 5.85. The minimum atomic E-state index is -0.784.